The average Bonchev–Trinajstić information content (AvgIpc) is 2.68. The van der Waals surface area contributed by atoms with Crippen molar-refractivity contribution < 1.29 is 13.2 Å². The summed E-state index contributed by atoms with van der Waals surface area (Å²) in [7, 11) is -1.94. The number of aromatic nitrogens is 1. The Morgan fingerprint density at radius 1 is 1.53 bits per heavy atom. The third kappa shape index (κ3) is 3.90. The zero-order valence-corrected chi connectivity index (χ0v) is 13.4. The highest BCUT2D eigenvalue weighted by atomic mass is 32.2. The molecule has 1 atom stereocenters. The van der Waals surface area contributed by atoms with Crippen molar-refractivity contribution in [3.63, 3.8) is 0 Å². The SMILES string of the molecule is CC[C@H](C)NC(=O)c1sc(N(C)S(C)(=O)=O)nc1C. The first-order valence-electron chi connectivity index (χ1n) is 5.89. The summed E-state index contributed by atoms with van der Waals surface area (Å²) in [5, 5.41) is 3.14. The second kappa shape index (κ2) is 5.87. The topological polar surface area (TPSA) is 79.4 Å². The number of rotatable bonds is 5. The monoisotopic (exact) mass is 305 g/mol. The third-order valence-electron chi connectivity index (χ3n) is 2.75. The molecule has 0 saturated heterocycles. The number of nitrogens with one attached hydrogen (secondary N) is 1. The smallest absolute Gasteiger partial charge is 0.263 e. The highest BCUT2D eigenvalue weighted by molar-refractivity contribution is 7.92. The summed E-state index contributed by atoms with van der Waals surface area (Å²) in [6.45, 7) is 5.59. The van der Waals surface area contributed by atoms with Gasteiger partial charge in [-0.05, 0) is 20.3 Å². The van der Waals surface area contributed by atoms with Gasteiger partial charge >= 0.3 is 0 Å². The summed E-state index contributed by atoms with van der Waals surface area (Å²) in [6, 6.07) is 0.0742. The number of anilines is 1. The van der Waals surface area contributed by atoms with Crippen LogP contribution in [0.4, 0.5) is 5.13 Å². The number of amides is 1. The first-order chi connectivity index (χ1) is 8.66. The van der Waals surface area contributed by atoms with E-state index in [2.05, 4.69) is 10.3 Å². The molecular weight excluding hydrogens is 286 g/mol. The Kier molecular flexibility index (Phi) is 4.92. The van der Waals surface area contributed by atoms with Gasteiger partial charge in [0.25, 0.3) is 5.91 Å². The van der Waals surface area contributed by atoms with Gasteiger partial charge in [-0.1, -0.05) is 18.3 Å². The zero-order valence-electron chi connectivity index (χ0n) is 11.7. The van der Waals surface area contributed by atoms with Crippen molar-refractivity contribution in [2.45, 2.75) is 33.2 Å². The van der Waals surface area contributed by atoms with Crippen molar-refractivity contribution in [2.24, 2.45) is 0 Å². The summed E-state index contributed by atoms with van der Waals surface area (Å²) in [5.41, 5.74) is 0.538. The average molecular weight is 305 g/mol. The zero-order chi connectivity index (χ0) is 14.8. The molecule has 6 nitrogen and oxygen atoms in total. The summed E-state index contributed by atoms with van der Waals surface area (Å²) in [4.78, 5) is 16.6. The van der Waals surface area contributed by atoms with Gasteiger partial charge in [0, 0.05) is 13.1 Å². The van der Waals surface area contributed by atoms with Crippen molar-refractivity contribution in [3.8, 4) is 0 Å². The predicted molar refractivity (Wildman–Crippen MR) is 77.3 cm³/mol. The molecule has 0 aliphatic carbocycles. The van der Waals surface area contributed by atoms with Crippen molar-refractivity contribution in [3.05, 3.63) is 10.6 Å². The number of carbonyl (C=O) groups excluding carboxylic acids is 1. The second-order valence-electron chi connectivity index (χ2n) is 4.42. The molecule has 0 unspecified atom stereocenters. The molecule has 1 amide bonds. The van der Waals surface area contributed by atoms with Crippen LogP contribution in [-0.2, 0) is 10.0 Å². The number of thiazole rings is 1. The predicted octanol–water partition coefficient (Wildman–Crippen LogP) is 1.38. The van der Waals surface area contributed by atoms with E-state index in [-0.39, 0.29) is 11.9 Å². The maximum atomic E-state index is 12.0. The van der Waals surface area contributed by atoms with E-state index in [9.17, 15) is 13.2 Å². The van der Waals surface area contributed by atoms with Crippen molar-refractivity contribution in [1.82, 2.24) is 10.3 Å². The van der Waals surface area contributed by atoms with E-state index in [4.69, 9.17) is 0 Å². The molecule has 0 fully saturated rings. The van der Waals surface area contributed by atoms with E-state index < -0.39 is 10.0 Å². The van der Waals surface area contributed by atoms with Crippen LogP contribution in [0.15, 0.2) is 0 Å². The molecule has 1 N–H and O–H groups in total. The van der Waals surface area contributed by atoms with Gasteiger partial charge in [0.1, 0.15) is 4.88 Å². The normalized spacial score (nSPS) is 13.1. The maximum absolute atomic E-state index is 12.0. The number of sulfonamides is 1. The van der Waals surface area contributed by atoms with Crippen LogP contribution in [0.25, 0.3) is 0 Å². The molecule has 0 spiro atoms. The van der Waals surface area contributed by atoms with Crippen LogP contribution in [0.2, 0.25) is 0 Å². The fourth-order valence-electron chi connectivity index (χ4n) is 1.26. The van der Waals surface area contributed by atoms with E-state index in [1.54, 1.807) is 6.92 Å². The van der Waals surface area contributed by atoms with Crippen LogP contribution in [0.3, 0.4) is 0 Å². The van der Waals surface area contributed by atoms with Crippen molar-refractivity contribution >= 4 is 32.4 Å². The van der Waals surface area contributed by atoms with Gasteiger partial charge in [0.2, 0.25) is 10.0 Å². The largest absolute Gasteiger partial charge is 0.349 e. The minimum absolute atomic E-state index is 0.0742. The quantitative estimate of drug-likeness (QED) is 0.891. The Labute approximate surface area is 117 Å². The van der Waals surface area contributed by atoms with Crippen LogP contribution < -0.4 is 9.62 Å². The Hall–Kier alpha value is -1.15. The molecule has 1 rings (SSSR count). The van der Waals surface area contributed by atoms with Gasteiger partial charge in [-0.3, -0.25) is 4.79 Å². The number of carbonyl (C=O) groups is 1. The molecule has 1 heterocycles. The first-order valence-corrected chi connectivity index (χ1v) is 8.55. The molecule has 19 heavy (non-hydrogen) atoms. The Morgan fingerprint density at radius 3 is 2.58 bits per heavy atom. The first kappa shape index (κ1) is 15.9. The standard InChI is InChI=1S/C11H19N3O3S2/c1-6-7(2)12-10(15)9-8(3)13-11(18-9)14(4)19(5,16)17/h7H,6H2,1-5H3,(H,12,15)/t7-/m0/s1. The highest BCUT2D eigenvalue weighted by Crippen LogP contribution is 2.26. The number of hydrogen-bond donors (Lipinski definition) is 1. The molecule has 0 aliphatic heterocycles. The highest BCUT2D eigenvalue weighted by Gasteiger charge is 2.21. The van der Waals surface area contributed by atoms with Crippen molar-refractivity contribution in [2.75, 3.05) is 17.6 Å². The molecule has 0 radical (unpaired) electrons. The summed E-state index contributed by atoms with van der Waals surface area (Å²) in [5.74, 6) is -0.211. The van der Waals surface area contributed by atoms with E-state index in [1.807, 2.05) is 13.8 Å². The van der Waals surface area contributed by atoms with Crippen molar-refractivity contribution in [1.29, 1.82) is 0 Å². The summed E-state index contributed by atoms with van der Waals surface area (Å²) < 4.78 is 24.0. The van der Waals surface area contributed by atoms with E-state index in [1.165, 1.54) is 7.05 Å². The van der Waals surface area contributed by atoms with Gasteiger partial charge in [-0.2, -0.15) is 0 Å². The number of aryl methyl sites for hydroxylation is 1. The minimum Gasteiger partial charge on any atom is -0.349 e. The molecule has 8 heteroatoms. The molecule has 0 saturated carbocycles. The van der Waals surface area contributed by atoms with E-state index in [0.717, 1.165) is 28.3 Å². The molecule has 0 aliphatic rings. The summed E-state index contributed by atoms with van der Waals surface area (Å²) in [6.07, 6.45) is 1.93. The molecule has 108 valence electrons. The molecule has 0 aromatic carbocycles. The minimum atomic E-state index is -3.36. The Bertz CT molecular complexity index is 566. The van der Waals surface area contributed by atoms with Crippen LogP contribution in [-0.4, -0.2) is 38.7 Å². The number of hydrogen-bond acceptors (Lipinski definition) is 5. The van der Waals surface area contributed by atoms with Crippen LogP contribution in [0.5, 0.6) is 0 Å². The molecule has 1 aromatic rings. The second-order valence-corrected chi connectivity index (χ2v) is 7.42. The molecule has 0 bridgehead atoms. The van der Waals surface area contributed by atoms with Crippen LogP contribution in [0, 0.1) is 6.92 Å². The fraction of sp³-hybridized carbons (Fsp3) is 0.636. The van der Waals surface area contributed by atoms with E-state index >= 15 is 0 Å². The van der Waals surface area contributed by atoms with Gasteiger partial charge in [0.15, 0.2) is 5.13 Å². The fourth-order valence-corrected chi connectivity index (χ4v) is 2.94. The lowest BCUT2D eigenvalue weighted by molar-refractivity contribution is 0.0942. The van der Waals surface area contributed by atoms with Gasteiger partial charge in [0.05, 0.1) is 11.9 Å². The van der Waals surface area contributed by atoms with Crippen LogP contribution in [0.1, 0.15) is 35.6 Å². The maximum Gasteiger partial charge on any atom is 0.263 e. The molecular formula is C11H19N3O3S2. The third-order valence-corrected chi connectivity index (χ3v) is 5.26. The Balaban J connectivity index is 3.00. The van der Waals surface area contributed by atoms with Crippen LogP contribution >= 0.6 is 11.3 Å². The van der Waals surface area contributed by atoms with E-state index in [0.29, 0.717) is 15.7 Å². The Morgan fingerprint density at radius 2 is 2.11 bits per heavy atom. The van der Waals surface area contributed by atoms with Gasteiger partial charge < -0.3 is 5.32 Å². The lowest BCUT2D eigenvalue weighted by Crippen LogP contribution is -2.31. The lowest BCUT2D eigenvalue weighted by Gasteiger charge is -2.12. The van der Waals surface area contributed by atoms with Gasteiger partial charge in [-0.25, -0.2) is 17.7 Å². The van der Waals surface area contributed by atoms with Gasteiger partial charge in [-0.15, -0.1) is 0 Å². The summed E-state index contributed by atoms with van der Waals surface area (Å²) >= 11 is 1.08. The number of nitrogens with zero attached hydrogens (tertiary/aromatic N) is 2. The lowest BCUT2D eigenvalue weighted by atomic mass is 10.2. The molecule has 1 aromatic heterocycles.